The molecule has 1 aromatic heterocycles. The number of rotatable bonds is 7. The summed E-state index contributed by atoms with van der Waals surface area (Å²) in [5.41, 5.74) is 1.64. The molecule has 0 unspecified atom stereocenters. The Hall–Kier alpha value is -2.07. The zero-order chi connectivity index (χ0) is 14.2. The van der Waals surface area contributed by atoms with E-state index in [2.05, 4.69) is 5.32 Å². The molecule has 4 nitrogen and oxygen atoms in total. The minimum atomic E-state index is -0.0528. The third-order valence-electron chi connectivity index (χ3n) is 3.13. The Labute approximate surface area is 119 Å². The van der Waals surface area contributed by atoms with Gasteiger partial charge in [-0.15, -0.1) is 0 Å². The smallest absolute Gasteiger partial charge is 0.251 e. The first-order valence-corrected chi connectivity index (χ1v) is 6.94. The fourth-order valence-corrected chi connectivity index (χ4v) is 2.03. The second kappa shape index (κ2) is 7.50. The van der Waals surface area contributed by atoms with E-state index in [-0.39, 0.29) is 12.5 Å². The monoisotopic (exact) mass is 272 g/mol. The average molecular weight is 272 g/mol. The number of hydrogen-bond acceptors (Lipinski definition) is 2. The van der Waals surface area contributed by atoms with E-state index in [1.54, 1.807) is 0 Å². The summed E-state index contributed by atoms with van der Waals surface area (Å²) in [5.74, 6) is -0.0528. The molecule has 0 radical (unpaired) electrons. The lowest BCUT2D eigenvalue weighted by atomic mass is 10.2. The van der Waals surface area contributed by atoms with Gasteiger partial charge in [-0.25, -0.2) is 0 Å². The van der Waals surface area contributed by atoms with Crippen molar-refractivity contribution in [3.63, 3.8) is 0 Å². The van der Waals surface area contributed by atoms with Crippen LogP contribution in [0, 0.1) is 0 Å². The van der Waals surface area contributed by atoms with Crippen LogP contribution in [0.1, 0.15) is 29.6 Å². The summed E-state index contributed by atoms with van der Waals surface area (Å²) < 4.78 is 1.97. The number of aliphatic hydroxyl groups excluding tert-OH is 1. The molecule has 1 heterocycles. The minimum Gasteiger partial charge on any atom is -0.396 e. The van der Waals surface area contributed by atoms with Crippen LogP contribution >= 0.6 is 0 Å². The van der Waals surface area contributed by atoms with Gasteiger partial charge >= 0.3 is 0 Å². The van der Waals surface area contributed by atoms with E-state index in [1.165, 1.54) is 0 Å². The molecule has 0 spiro atoms. The Kier molecular flexibility index (Phi) is 5.38. The van der Waals surface area contributed by atoms with E-state index >= 15 is 0 Å². The number of hydrogen-bond donors (Lipinski definition) is 2. The van der Waals surface area contributed by atoms with Crippen LogP contribution in [0.4, 0.5) is 0 Å². The van der Waals surface area contributed by atoms with Gasteiger partial charge in [0.1, 0.15) is 0 Å². The van der Waals surface area contributed by atoms with Gasteiger partial charge in [0.2, 0.25) is 0 Å². The highest BCUT2D eigenvalue weighted by Crippen LogP contribution is 2.11. The molecule has 0 saturated heterocycles. The summed E-state index contributed by atoms with van der Waals surface area (Å²) in [5, 5.41) is 11.6. The summed E-state index contributed by atoms with van der Waals surface area (Å²) in [7, 11) is 0. The molecule has 0 aliphatic rings. The fraction of sp³-hybridized carbons (Fsp3) is 0.312. The molecule has 0 fully saturated rings. The molecule has 0 bridgehead atoms. The summed E-state index contributed by atoms with van der Waals surface area (Å²) in [6.45, 7) is 0.861. The van der Waals surface area contributed by atoms with Crippen LogP contribution in [0.3, 0.4) is 0 Å². The first-order chi connectivity index (χ1) is 9.81. The number of nitrogens with zero attached hydrogens (tertiary/aromatic N) is 1. The number of aliphatic hydroxyl groups is 1. The maximum absolute atomic E-state index is 12.0. The lowest BCUT2D eigenvalue weighted by Gasteiger charge is -2.07. The third-order valence-corrected chi connectivity index (χ3v) is 3.13. The molecule has 2 aromatic rings. The highest BCUT2D eigenvalue weighted by Gasteiger charge is 2.05. The molecule has 0 aliphatic heterocycles. The quantitative estimate of drug-likeness (QED) is 0.760. The second-order valence-electron chi connectivity index (χ2n) is 4.68. The van der Waals surface area contributed by atoms with Gasteiger partial charge < -0.3 is 15.0 Å². The predicted octanol–water partition coefficient (Wildman–Crippen LogP) is 2.37. The summed E-state index contributed by atoms with van der Waals surface area (Å²) in [6.07, 6.45) is 6.51. The molecule has 0 aliphatic carbocycles. The molecule has 106 valence electrons. The molecule has 1 amide bonds. The molecule has 4 heteroatoms. The number of carbonyl (C=O) groups is 1. The van der Waals surface area contributed by atoms with Gasteiger partial charge in [-0.3, -0.25) is 4.79 Å². The van der Waals surface area contributed by atoms with E-state index in [0.717, 1.165) is 24.9 Å². The molecule has 2 N–H and O–H groups in total. The largest absolute Gasteiger partial charge is 0.396 e. The Morgan fingerprint density at radius 2 is 1.90 bits per heavy atom. The van der Waals surface area contributed by atoms with Crippen molar-refractivity contribution in [2.75, 3.05) is 13.2 Å². The number of amides is 1. The number of benzene rings is 1. The Balaban J connectivity index is 1.92. The van der Waals surface area contributed by atoms with Crippen LogP contribution < -0.4 is 5.32 Å². The van der Waals surface area contributed by atoms with Gasteiger partial charge in [0, 0.05) is 36.8 Å². The Morgan fingerprint density at radius 1 is 1.10 bits per heavy atom. The Morgan fingerprint density at radius 3 is 2.65 bits per heavy atom. The van der Waals surface area contributed by atoms with Crippen molar-refractivity contribution in [3.05, 3.63) is 54.4 Å². The number of carbonyl (C=O) groups excluding carboxylic acids is 1. The van der Waals surface area contributed by atoms with Crippen molar-refractivity contribution < 1.29 is 9.90 Å². The van der Waals surface area contributed by atoms with Crippen molar-refractivity contribution in [2.45, 2.75) is 19.3 Å². The molecule has 1 aromatic carbocycles. The van der Waals surface area contributed by atoms with Gasteiger partial charge in [-0.2, -0.15) is 0 Å². The topological polar surface area (TPSA) is 54.3 Å². The zero-order valence-corrected chi connectivity index (χ0v) is 11.5. The van der Waals surface area contributed by atoms with Crippen molar-refractivity contribution >= 4 is 5.91 Å². The minimum absolute atomic E-state index is 0.0528. The highest BCUT2D eigenvalue weighted by molar-refractivity contribution is 5.94. The molecular weight excluding hydrogens is 252 g/mol. The fourth-order valence-electron chi connectivity index (χ4n) is 2.03. The first kappa shape index (κ1) is 14.3. The predicted molar refractivity (Wildman–Crippen MR) is 79.0 cm³/mol. The second-order valence-corrected chi connectivity index (χ2v) is 4.68. The Bertz CT molecular complexity index is 535. The van der Waals surface area contributed by atoms with Gasteiger partial charge in [0.25, 0.3) is 5.91 Å². The maximum Gasteiger partial charge on any atom is 0.251 e. The highest BCUT2D eigenvalue weighted by atomic mass is 16.2. The molecule has 0 atom stereocenters. The van der Waals surface area contributed by atoms with E-state index in [9.17, 15) is 4.79 Å². The lowest BCUT2D eigenvalue weighted by molar-refractivity contribution is 0.0953. The number of aromatic nitrogens is 1. The maximum atomic E-state index is 12.0. The van der Waals surface area contributed by atoms with Gasteiger partial charge in [0.15, 0.2) is 0 Å². The summed E-state index contributed by atoms with van der Waals surface area (Å²) in [6, 6.07) is 11.5. The molecule has 20 heavy (non-hydrogen) atoms. The van der Waals surface area contributed by atoms with Crippen molar-refractivity contribution in [1.82, 2.24) is 9.88 Å². The van der Waals surface area contributed by atoms with Crippen molar-refractivity contribution in [3.8, 4) is 5.69 Å². The van der Waals surface area contributed by atoms with Crippen LogP contribution in [0.5, 0.6) is 0 Å². The van der Waals surface area contributed by atoms with E-state index in [0.29, 0.717) is 12.1 Å². The van der Waals surface area contributed by atoms with Crippen LogP contribution in [-0.2, 0) is 0 Å². The lowest BCUT2D eigenvalue weighted by Crippen LogP contribution is -2.24. The van der Waals surface area contributed by atoms with Gasteiger partial charge in [-0.05, 0) is 49.6 Å². The summed E-state index contributed by atoms with van der Waals surface area (Å²) >= 11 is 0. The van der Waals surface area contributed by atoms with Gasteiger partial charge in [0.05, 0.1) is 0 Å². The molecule has 2 rings (SSSR count). The van der Waals surface area contributed by atoms with Crippen LogP contribution in [0.25, 0.3) is 5.69 Å². The van der Waals surface area contributed by atoms with Crippen LogP contribution in [-0.4, -0.2) is 28.7 Å². The van der Waals surface area contributed by atoms with Crippen LogP contribution in [0.2, 0.25) is 0 Å². The third kappa shape index (κ3) is 3.96. The van der Waals surface area contributed by atoms with Crippen molar-refractivity contribution in [1.29, 1.82) is 0 Å². The zero-order valence-electron chi connectivity index (χ0n) is 11.5. The van der Waals surface area contributed by atoms with E-state index in [1.807, 2.05) is 53.4 Å². The standard InChI is InChI=1S/C16H20N2O2/c19-12-5-1-2-9-17-16(20)14-7-6-8-15(13-14)18-10-3-4-11-18/h3-4,6-8,10-11,13,19H,1-2,5,9,12H2,(H,17,20). The van der Waals surface area contributed by atoms with E-state index < -0.39 is 0 Å². The molecule has 0 saturated carbocycles. The number of unbranched alkanes of at least 4 members (excludes halogenated alkanes) is 2. The molecular formula is C16H20N2O2. The first-order valence-electron chi connectivity index (χ1n) is 6.94. The van der Waals surface area contributed by atoms with Crippen molar-refractivity contribution in [2.24, 2.45) is 0 Å². The average Bonchev–Trinajstić information content (AvgIpc) is 3.01. The summed E-state index contributed by atoms with van der Waals surface area (Å²) in [4.78, 5) is 12.0. The normalized spacial score (nSPS) is 10.4. The van der Waals surface area contributed by atoms with Crippen LogP contribution in [0.15, 0.2) is 48.8 Å². The SMILES string of the molecule is O=C(NCCCCCO)c1cccc(-n2cccc2)c1. The number of nitrogens with one attached hydrogen (secondary N) is 1. The van der Waals surface area contributed by atoms with Gasteiger partial charge in [-0.1, -0.05) is 6.07 Å². The van der Waals surface area contributed by atoms with E-state index in [4.69, 9.17) is 5.11 Å².